The maximum atomic E-state index is 12.0. The van der Waals surface area contributed by atoms with Gasteiger partial charge in [-0.05, 0) is 25.8 Å². The third-order valence-electron chi connectivity index (χ3n) is 2.90. The predicted molar refractivity (Wildman–Crippen MR) is 73.8 cm³/mol. The molecule has 1 atom stereocenters. The molecular formula is C13H15N5O3. The van der Waals surface area contributed by atoms with Crippen LogP contribution >= 0.6 is 0 Å². The molecular weight excluding hydrogens is 274 g/mol. The number of hydrogen-bond donors (Lipinski definition) is 2. The van der Waals surface area contributed by atoms with Crippen molar-refractivity contribution in [2.75, 3.05) is 0 Å². The molecule has 0 aliphatic heterocycles. The summed E-state index contributed by atoms with van der Waals surface area (Å²) in [5.74, 6) is -1.57. The Bertz CT molecular complexity index is 694. The fraction of sp³-hybridized carbons (Fsp3) is 0.308. The SMILES string of the molecule is C=CCCC(NC(=O)c1nc2nccc(C)n2n1)C(=O)O. The second kappa shape index (κ2) is 6.12. The Morgan fingerprint density at radius 2 is 2.33 bits per heavy atom. The second-order valence-corrected chi connectivity index (χ2v) is 4.46. The molecule has 2 N–H and O–H groups in total. The fourth-order valence-electron chi connectivity index (χ4n) is 1.77. The van der Waals surface area contributed by atoms with Crippen molar-refractivity contribution in [1.82, 2.24) is 24.9 Å². The Kier molecular flexibility index (Phi) is 4.27. The zero-order chi connectivity index (χ0) is 15.4. The molecule has 21 heavy (non-hydrogen) atoms. The molecule has 2 rings (SSSR count). The van der Waals surface area contributed by atoms with E-state index < -0.39 is 17.9 Å². The lowest BCUT2D eigenvalue weighted by Crippen LogP contribution is -2.41. The van der Waals surface area contributed by atoms with Crippen molar-refractivity contribution in [3.8, 4) is 0 Å². The molecule has 0 bridgehead atoms. The highest BCUT2D eigenvalue weighted by Gasteiger charge is 2.22. The quantitative estimate of drug-likeness (QED) is 0.753. The van der Waals surface area contributed by atoms with Gasteiger partial charge >= 0.3 is 5.97 Å². The van der Waals surface area contributed by atoms with Crippen molar-refractivity contribution in [3.63, 3.8) is 0 Å². The van der Waals surface area contributed by atoms with Crippen molar-refractivity contribution >= 4 is 17.7 Å². The van der Waals surface area contributed by atoms with Gasteiger partial charge in [-0.3, -0.25) is 4.79 Å². The number of nitrogens with one attached hydrogen (secondary N) is 1. The highest BCUT2D eigenvalue weighted by atomic mass is 16.4. The summed E-state index contributed by atoms with van der Waals surface area (Å²) < 4.78 is 1.43. The van der Waals surface area contributed by atoms with Gasteiger partial charge in [0.15, 0.2) is 0 Å². The average molecular weight is 289 g/mol. The normalized spacial score (nSPS) is 12.0. The molecule has 0 fully saturated rings. The van der Waals surface area contributed by atoms with Crippen LogP contribution in [-0.4, -0.2) is 42.6 Å². The lowest BCUT2D eigenvalue weighted by atomic mass is 10.1. The molecule has 0 aromatic carbocycles. The van der Waals surface area contributed by atoms with E-state index in [0.717, 1.165) is 5.69 Å². The Morgan fingerprint density at radius 1 is 1.57 bits per heavy atom. The number of nitrogens with zero attached hydrogens (tertiary/aromatic N) is 4. The van der Waals surface area contributed by atoms with Gasteiger partial charge in [0.25, 0.3) is 11.7 Å². The summed E-state index contributed by atoms with van der Waals surface area (Å²) in [5.41, 5.74) is 0.771. The number of carboxylic acids is 1. The first-order valence-corrected chi connectivity index (χ1v) is 6.36. The minimum absolute atomic E-state index is 0.110. The number of fused-ring (bicyclic) bond motifs is 1. The van der Waals surface area contributed by atoms with E-state index in [9.17, 15) is 9.59 Å². The van der Waals surface area contributed by atoms with Crippen molar-refractivity contribution in [3.05, 3.63) is 36.4 Å². The molecule has 2 heterocycles. The lowest BCUT2D eigenvalue weighted by molar-refractivity contribution is -0.139. The molecule has 8 nitrogen and oxygen atoms in total. The first-order chi connectivity index (χ1) is 10.0. The van der Waals surface area contributed by atoms with Crippen LogP contribution in [0.2, 0.25) is 0 Å². The third kappa shape index (κ3) is 3.22. The molecule has 0 saturated carbocycles. The summed E-state index contributed by atoms with van der Waals surface area (Å²) in [6, 6.07) is 0.726. The van der Waals surface area contributed by atoms with Gasteiger partial charge in [-0.2, -0.15) is 4.98 Å². The molecule has 110 valence electrons. The monoisotopic (exact) mass is 289 g/mol. The van der Waals surface area contributed by atoms with Crippen LogP contribution in [0.1, 0.15) is 29.2 Å². The Morgan fingerprint density at radius 3 is 2.95 bits per heavy atom. The average Bonchev–Trinajstić information content (AvgIpc) is 2.88. The molecule has 0 saturated heterocycles. The molecule has 0 spiro atoms. The summed E-state index contributed by atoms with van der Waals surface area (Å²) in [6.45, 7) is 5.33. The second-order valence-electron chi connectivity index (χ2n) is 4.46. The van der Waals surface area contributed by atoms with Gasteiger partial charge in [0, 0.05) is 11.9 Å². The smallest absolute Gasteiger partial charge is 0.326 e. The van der Waals surface area contributed by atoms with Crippen molar-refractivity contribution in [1.29, 1.82) is 0 Å². The van der Waals surface area contributed by atoms with Gasteiger partial charge in [-0.15, -0.1) is 11.7 Å². The largest absolute Gasteiger partial charge is 0.480 e. The van der Waals surface area contributed by atoms with Crippen LogP contribution in [0.15, 0.2) is 24.9 Å². The van der Waals surface area contributed by atoms with E-state index in [2.05, 4.69) is 27.0 Å². The summed E-state index contributed by atoms with van der Waals surface area (Å²) in [6.07, 6.45) is 3.90. The minimum Gasteiger partial charge on any atom is -0.480 e. The molecule has 0 aliphatic rings. The van der Waals surface area contributed by atoms with Gasteiger partial charge in [0.2, 0.25) is 5.82 Å². The molecule has 0 radical (unpaired) electrons. The van der Waals surface area contributed by atoms with Crippen LogP contribution in [-0.2, 0) is 4.79 Å². The third-order valence-corrected chi connectivity index (χ3v) is 2.90. The number of carboxylic acid groups (broad SMARTS) is 1. The number of aliphatic carboxylic acids is 1. The highest BCUT2D eigenvalue weighted by molar-refractivity contribution is 5.93. The molecule has 1 amide bonds. The molecule has 2 aromatic heterocycles. The van der Waals surface area contributed by atoms with Gasteiger partial charge in [0.05, 0.1) is 0 Å². The number of rotatable bonds is 6. The van der Waals surface area contributed by atoms with E-state index in [0.29, 0.717) is 6.42 Å². The van der Waals surface area contributed by atoms with E-state index in [1.165, 1.54) is 4.52 Å². The van der Waals surface area contributed by atoms with Gasteiger partial charge in [-0.1, -0.05) is 6.08 Å². The van der Waals surface area contributed by atoms with Gasteiger partial charge in [0.1, 0.15) is 6.04 Å². The van der Waals surface area contributed by atoms with Crippen LogP contribution in [0.4, 0.5) is 0 Å². The van der Waals surface area contributed by atoms with E-state index in [4.69, 9.17) is 5.11 Å². The van der Waals surface area contributed by atoms with Crippen LogP contribution in [0, 0.1) is 6.92 Å². The molecule has 1 unspecified atom stereocenters. The van der Waals surface area contributed by atoms with Crippen LogP contribution in [0.5, 0.6) is 0 Å². The minimum atomic E-state index is -1.11. The maximum absolute atomic E-state index is 12.0. The number of aromatic nitrogens is 4. The Hall–Kier alpha value is -2.77. The number of carbonyl (C=O) groups excluding carboxylic acids is 1. The summed E-state index contributed by atoms with van der Waals surface area (Å²) >= 11 is 0. The summed E-state index contributed by atoms with van der Waals surface area (Å²) in [5, 5.41) is 15.5. The molecule has 0 aliphatic carbocycles. The zero-order valence-electron chi connectivity index (χ0n) is 11.5. The van der Waals surface area contributed by atoms with E-state index in [-0.39, 0.29) is 18.0 Å². The number of allylic oxidation sites excluding steroid dienone is 1. The zero-order valence-corrected chi connectivity index (χ0v) is 11.5. The van der Waals surface area contributed by atoms with Crippen LogP contribution < -0.4 is 5.32 Å². The number of aryl methyl sites for hydroxylation is 1. The van der Waals surface area contributed by atoms with Crippen molar-refractivity contribution in [2.45, 2.75) is 25.8 Å². The number of amides is 1. The fourth-order valence-corrected chi connectivity index (χ4v) is 1.77. The van der Waals surface area contributed by atoms with Crippen LogP contribution in [0.3, 0.4) is 0 Å². The van der Waals surface area contributed by atoms with Crippen molar-refractivity contribution < 1.29 is 14.7 Å². The van der Waals surface area contributed by atoms with Gasteiger partial charge in [-0.25, -0.2) is 14.3 Å². The standard InChI is InChI=1S/C13H15N5O3/c1-3-4-5-9(12(20)21)15-11(19)10-16-13-14-7-6-8(2)18(13)17-10/h3,6-7,9H,1,4-5H2,2H3,(H,15,19)(H,20,21). The predicted octanol–water partition coefficient (Wildman–Crippen LogP) is 0.582. The maximum Gasteiger partial charge on any atom is 0.326 e. The first-order valence-electron chi connectivity index (χ1n) is 6.36. The molecule has 8 heteroatoms. The van der Waals surface area contributed by atoms with Crippen LogP contribution in [0.25, 0.3) is 5.78 Å². The summed E-state index contributed by atoms with van der Waals surface area (Å²) in [7, 11) is 0. The number of hydrogen-bond acceptors (Lipinski definition) is 5. The van der Waals surface area contributed by atoms with Crippen molar-refractivity contribution in [2.24, 2.45) is 0 Å². The molecule has 2 aromatic rings. The highest BCUT2D eigenvalue weighted by Crippen LogP contribution is 2.04. The lowest BCUT2D eigenvalue weighted by Gasteiger charge is -2.11. The Labute approximate surface area is 120 Å². The van der Waals surface area contributed by atoms with Gasteiger partial charge < -0.3 is 10.4 Å². The Balaban J connectivity index is 2.19. The van der Waals surface area contributed by atoms with E-state index >= 15 is 0 Å². The van der Waals surface area contributed by atoms with E-state index in [1.807, 2.05) is 0 Å². The topological polar surface area (TPSA) is 109 Å². The number of carbonyl (C=O) groups is 2. The van der Waals surface area contributed by atoms with E-state index in [1.54, 1.807) is 25.3 Å². The summed E-state index contributed by atoms with van der Waals surface area (Å²) in [4.78, 5) is 31.1. The first kappa shape index (κ1) is 14.6.